The van der Waals surface area contributed by atoms with E-state index in [2.05, 4.69) is 20.9 Å². The minimum Gasteiger partial charge on any atom is -0.480 e. The topological polar surface area (TPSA) is 187 Å². The summed E-state index contributed by atoms with van der Waals surface area (Å²) in [5.41, 5.74) is 7.52. The van der Waals surface area contributed by atoms with Gasteiger partial charge in [-0.15, -0.1) is 0 Å². The molecule has 5 unspecified atom stereocenters. The van der Waals surface area contributed by atoms with Gasteiger partial charge in [-0.05, 0) is 36.0 Å². The van der Waals surface area contributed by atoms with Crippen LogP contribution < -0.4 is 21.7 Å². The largest absolute Gasteiger partial charge is 0.480 e. The lowest BCUT2D eigenvalue weighted by molar-refractivity contribution is -0.142. The van der Waals surface area contributed by atoms with Gasteiger partial charge in [-0.1, -0.05) is 38.5 Å². The van der Waals surface area contributed by atoms with Crippen molar-refractivity contribution in [2.45, 2.75) is 57.3 Å². The fourth-order valence-electron chi connectivity index (χ4n) is 3.74. The second-order valence-electron chi connectivity index (χ2n) is 8.96. The van der Waals surface area contributed by atoms with E-state index in [1.54, 1.807) is 6.20 Å². The molecule has 1 aromatic heterocycles. The van der Waals surface area contributed by atoms with Crippen LogP contribution >= 0.6 is 11.8 Å². The lowest BCUT2D eigenvalue weighted by atomic mass is 9.99. The molecule has 0 aliphatic rings. The molecule has 3 amide bonds. The maximum Gasteiger partial charge on any atom is 0.326 e. The molecule has 204 valence electrons. The standard InChI is InChI=1S/C25H37N5O6S/c1-4-14(2)21(26)24(34)28-18(9-10-37-3)22(32)30-20(13-31)23(33)29-19(25(35)36)11-15-12-27-17-8-6-5-7-16(15)17/h5-8,12,14,18-21,27,31H,4,9-11,13,26H2,1-3H3,(H,28,34)(H,29,33)(H,30,32)(H,35,36). The van der Waals surface area contributed by atoms with E-state index >= 15 is 0 Å². The first kappa shape index (κ1) is 30.1. The van der Waals surface area contributed by atoms with Crippen LogP contribution in [0.3, 0.4) is 0 Å². The van der Waals surface area contributed by atoms with Gasteiger partial charge in [0.25, 0.3) is 0 Å². The summed E-state index contributed by atoms with van der Waals surface area (Å²) < 4.78 is 0. The van der Waals surface area contributed by atoms with Crippen molar-refractivity contribution >= 4 is 46.4 Å². The minimum atomic E-state index is -1.41. The van der Waals surface area contributed by atoms with E-state index in [1.807, 2.05) is 44.4 Å². The van der Waals surface area contributed by atoms with Crippen molar-refractivity contribution in [3.63, 3.8) is 0 Å². The van der Waals surface area contributed by atoms with Crippen LogP contribution in [0.5, 0.6) is 0 Å². The molecule has 2 aromatic rings. The van der Waals surface area contributed by atoms with Gasteiger partial charge < -0.3 is 36.9 Å². The Balaban J connectivity index is 2.08. The van der Waals surface area contributed by atoms with Gasteiger partial charge in [0.2, 0.25) is 17.7 Å². The third-order valence-electron chi connectivity index (χ3n) is 6.33. The summed E-state index contributed by atoms with van der Waals surface area (Å²) in [7, 11) is 0. The van der Waals surface area contributed by atoms with Gasteiger partial charge in [-0.3, -0.25) is 14.4 Å². The number of carboxylic acid groups (broad SMARTS) is 1. The SMILES string of the molecule is CCC(C)C(N)C(=O)NC(CCSC)C(=O)NC(CO)C(=O)NC(Cc1c[nH]c2ccccc12)C(=O)O. The number of benzene rings is 1. The number of aliphatic hydroxyl groups is 1. The third-order valence-corrected chi connectivity index (χ3v) is 6.98. The maximum atomic E-state index is 13.0. The number of rotatable bonds is 15. The van der Waals surface area contributed by atoms with Gasteiger partial charge >= 0.3 is 5.97 Å². The molecule has 1 aromatic carbocycles. The molecule has 0 bridgehead atoms. The van der Waals surface area contributed by atoms with Crippen molar-refractivity contribution in [2.75, 3.05) is 18.6 Å². The highest BCUT2D eigenvalue weighted by atomic mass is 32.2. The summed E-state index contributed by atoms with van der Waals surface area (Å²) in [5, 5.41) is 27.8. The van der Waals surface area contributed by atoms with Crippen molar-refractivity contribution < 1.29 is 29.4 Å². The number of nitrogens with two attached hydrogens (primary N) is 1. The summed E-state index contributed by atoms with van der Waals surface area (Å²) >= 11 is 1.48. The lowest BCUT2D eigenvalue weighted by Crippen LogP contribution is -2.58. The number of thioether (sulfide) groups is 1. The first-order valence-corrected chi connectivity index (χ1v) is 13.6. The van der Waals surface area contributed by atoms with E-state index in [1.165, 1.54) is 11.8 Å². The molecule has 2 rings (SSSR count). The zero-order chi connectivity index (χ0) is 27.5. The quantitative estimate of drug-likeness (QED) is 0.170. The fourth-order valence-corrected chi connectivity index (χ4v) is 4.22. The number of aromatic amines is 1. The summed E-state index contributed by atoms with van der Waals surface area (Å²) in [6.45, 7) is 2.98. The fraction of sp³-hybridized carbons (Fsp3) is 0.520. The predicted molar refractivity (Wildman–Crippen MR) is 143 cm³/mol. The number of aliphatic hydroxyl groups excluding tert-OH is 1. The molecule has 37 heavy (non-hydrogen) atoms. The monoisotopic (exact) mass is 535 g/mol. The molecule has 0 radical (unpaired) electrons. The molecule has 0 saturated heterocycles. The van der Waals surface area contributed by atoms with Crippen LogP contribution in [0.2, 0.25) is 0 Å². The van der Waals surface area contributed by atoms with Crippen molar-refractivity contribution in [3.05, 3.63) is 36.0 Å². The third kappa shape index (κ3) is 8.48. The Morgan fingerprint density at radius 2 is 1.65 bits per heavy atom. The van der Waals surface area contributed by atoms with Crippen molar-refractivity contribution in [3.8, 4) is 0 Å². The van der Waals surface area contributed by atoms with Crippen LogP contribution in [0, 0.1) is 5.92 Å². The van der Waals surface area contributed by atoms with E-state index in [9.17, 15) is 29.4 Å². The van der Waals surface area contributed by atoms with Gasteiger partial charge in [0.1, 0.15) is 18.1 Å². The average molecular weight is 536 g/mol. The van der Waals surface area contributed by atoms with Crippen LogP contribution in [0.1, 0.15) is 32.3 Å². The van der Waals surface area contributed by atoms with Gasteiger partial charge in [0.05, 0.1) is 12.6 Å². The molecular formula is C25H37N5O6S. The molecule has 5 atom stereocenters. The molecule has 12 heteroatoms. The van der Waals surface area contributed by atoms with Gasteiger partial charge in [-0.2, -0.15) is 11.8 Å². The summed E-state index contributed by atoms with van der Waals surface area (Å²) in [4.78, 5) is 53.3. The molecule has 11 nitrogen and oxygen atoms in total. The van der Waals surface area contributed by atoms with E-state index < -0.39 is 54.5 Å². The summed E-state index contributed by atoms with van der Waals surface area (Å²) in [6.07, 6.45) is 4.50. The van der Waals surface area contributed by atoms with Gasteiger partial charge in [-0.25, -0.2) is 4.79 Å². The molecule has 0 spiro atoms. The molecule has 0 fully saturated rings. The molecule has 0 saturated carbocycles. The number of carbonyl (C=O) groups is 4. The number of nitrogens with one attached hydrogen (secondary N) is 4. The Labute approximate surface area is 220 Å². The van der Waals surface area contributed by atoms with E-state index in [-0.39, 0.29) is 18.8 Å². The summed E-state index contributed by atoms with van der Waals surface area (Å²) in [5.74, 6) is -2.80. The molecule has 8 N–H and O–H groups in total. The van der Waals surface area contributed by atoms with Crippen molar-refractivity contribution in [1.29, 1.82) is 0 Å². The molecule has 1 heterocycles. The Morgan fingerprint density at radius 1 is 1.03 bits per heavy atom. The van der Waals surface area contributed by atoms with E-state index in [0.29, 0.717) is 17.7 Å². The first-order valence-electron chi connectivity index (χ1n) is 12.2. The minimum absolute atomic E-state index is 0.00289. The highest BCUT2D eigenvalue weighted by molar-refractivity contribution is 7.98. The number of hydrogen-bond donors (Lipinski definition) is 7. The smallest absolute Gasteiger partial charge is 0.326 e. The number of carboxylic acids is 1. The number of H-pyrrole nitrogens is 1. The predicted octanol–water partition coefficient (Wildman–Crippen LogP) is 0.368. The molecule has 0 aliphatic heterocycles. The van der Waals surface area contributed by atoms with E-state index in [0.717, 1.165) is 10.9 Å². The number of hydrogen-bond acceptors (Lipinski definition) is 7. The number of carbonyl (C=O) groups excluding carboxylic acids is 3. The van der Waals surface area contributed by atoms with Crippen LogP contribution in [-0.4, -0.2) is 81.7 Å². The molecular weight excluding hydrogens is 498 g/mol. The van der Waals surface area contributed by atoms with Crippen LogP contribution in [0.25, 0.3) is 10.9 Å². The van der Waals surface area contributed by atoms with Crippen LogP contribution in [0.15, 0.2) is 30.5 Å². The number of fused-ring (bicyclic) bond motifs is 1. The second kappa shape index (κ2) is 14.6. The Morgan fingerprint density at radius 3 is 2.27 bits per heavy atom. The normalized spacial score (nSPS) is 15.3. The zero-order valence-corrected chi connectivity index (χ0v) is 22.1. The van der Waals surface area contributed by atoms with Crippen LogP contribution in [-0.2, 0) is 25.6 Å². The van der Waals surface area contributed by atoms with Crippen molar-refractivity contribution in [2.24, 2.45) is 11.7 Å². The lowest BCUT2D eigenvalue weighted by Gasteiger charge is -2.25. The zero-order valence-electron chi connectivity index (χ0n) is 21.3. The first-order chi connectivity index (χ1) is 17.6. The highest BCUT2D eigenvalue weighted by Crippen LogP contribution is 2.19. The highest BCUT2D eigenvalue weighted by Gasteiger charge is 2.31. The number of amides is 3. The number of aromatic nitrogens is 1. The Bertz CT molecular complexity index is 1080. The van der Waals surface area contributed by atoms with Gasteiger partial charge in [0, 0.05) is 23.5 Å². The summed E-state index contributed by atoms with van der Waals surface area (Å²) in [6, 6.07) is 2.90. The Kier molecular flexibility index (Phi) is 11.9. The Hall–Kier alpha value is -3.09. The average Bonchev–Trinajstić information content (AvgIpc) is 3.30. The maximum absolute atomic E-state index is 13.0. The van der Waals surface area contributed by atoms with Crippen LogP contribution in [0.4, 0.5) is 0 Å². The second-order valence-corrected chi connectivity index (χ2v) is 9.95. The van der Waals surface area contributed by atoms with Crippen molar-refractivity contribution in [1.82, 2.24) is 20.9 Å². The molecule has 0 aliphatic carbocycles. The number of para-hydroxylation sites is 1. The van der Waals surface area contributed by atoms with E-state index in [4.69, 9.17) is 5.73 Å². The van der Waals surface area contributed by atoms with Gasteiger partial charge in [0.15, 0.2) is 0 Å². The number of aliphatic carboxylic acids is 1.